The summed E-state index contributed by atoms with van der Waals surface area (Å²) < 4.78 is 31.4. The van der Waals surface area contributed by atoms with Crippen molar-refractivity contribution in [1.82, 2.24) is 4.90 Å². The third-order valence-corrected chi connectivity index (χ3v) is 3.96. The summed E-state index contributed by atoms with van der Waals surface area (Å²) in [6, 6.07) is 9.23. The number of likely N-dealkylation sites (N-methyl/N-ethyl adjacent to an activating group) is 1. The molecule has 0 unspecified atom stereocenters. The molecule has 1 amide bonds. The van der Waals surface area contributed by atoms with Gasteiger partial charge in [-0.15, -0.1) is 0 Å². The zero-order valence-corrected chi connectivity index (χ0v) is 12.6. The first-order valence-corrected chi connectivity index (χ1v) is 7.32. The maximum Gasteiger partial charge on any atom is 0.409 e. The van der Waals surface area contributed by atoms with Crippen LogP contribution >= 0.6 is 0 Å². The largest absolute Gasteiger partial charge is 0.445 e. The smallest absolute Gasteiger partial charge is 0.409 e. The molecule has 1 aromatic carbocycles. The SMILES string of the molecule is CN(CC1(O)CCC(F)(F)CC1)C(=O)OCc1ccccc1. The zero-order valence-electron chi connectivity index (χ0n) is 12.6. The molecule has 0 bridgehead atoms. The highest BCUT2D eigenvalue weighted by atomic mass is 19.3. The first-order chi connectivity index (χ1) is 10.3. The van der Waals surface area contributed by atoms with Crippen LogP contribution in [0, 0.1) is 0 Å². The monoisotopic (exact) mass is 313 g/mol. The first kappa shape index (κ1) is 16.7. The summed E-state index contributed by atoms with van der Waals surface area (Å²) in [5.74, 6) is -2.71. The van der Waals surface area contributed by atoms with Crippen molar-refractivity contribution in [3.8, 4) is 0 Å². The van der Waals surface area contributed by atoms with E-state index in [1.807, 2.05) is 30.3 Å². The third-order valence-electron chi connectivity index (χ3n) is 3.96. The van der Waals surface area contributed by atoms with E-state index in [1.165, 1.54) is 11.9 Å². The quantitative estimate of drug-likeness (QED) is 0.928. The summed E-state index contributed by atoms with van der Waals surface area (Å²) in [6.45, 7) is 0.136. The summed E-state index contributed by atoms with van der Waals surface area (Å²) in [5.41, 5.74) is -0.400. The number of amides is 1. The molecule has 4 nitrogen and oxygen atoms in total. The van der Waals surface area contributed by atoms with Crippen LogP contribution in [0.4, 0.5) is 13.6 Å². The third kappa shape index (κ3) is 4.66. The van der Waals surface area contributed by atoms with Crippen LogP contribution in [-0.4, -0.2) is 41.2 Å². The molecule has 0 radical (unpaired) electrons. The topological polar surface area (TPSA) is 49.8 Å². The van der Waals surface area contributed by atoms with Gasteiger partial charge in [0.25, 0.3) is 0 Å². The summed E-state index contributed by atoms with van der Waals surface area (Å²) in [5, 5.41) is 10.3. The lowest BCUT2D eigenvalue weighted by Crippen LogP contribution is -2.48. The number of ether oxygens (including phenoxy) is 1. The minimum absolute atomic E-state index is 0.00327. The molecular formula is C16H21F2NO3. The van der Waals surface area contributed by atoms with Crippen molar-refractivity contribution in [3.63, 3.8) is 0 Å². The summed E-state index contributed by atoms with van der Waals surface area (Å²) >= 11 is 0. The van der Waals surface area contributed by atoms with Gasteiger partial charge in [0, 0.05) is 19.9 Å². The second kappa shape index (κ2) is 6.60. The number of aliphatic hydroxyl groups is 1. The molecule has 0 aliphatic heterocycles. The van der Waals surface area contributed by atoms with Gasteiger partial charge in [-0.1, -0.05) is 30.3 Å². The fourth-order valence-electron chi connectivity index (χ4n) is 2.57. The van der Waals surface area contributed by atoms with Crippen LogP contribution in [0.1, 0.15) is 31.2 Å². The number of alkyl halides is 2. The summed E-state index contributed by atoms with van der Waals surface area (Å²) in [6.07, 6.45) is -1.31. The second-order valence-corrected chi connectivity index (χ2v) is 5.98. The molecule has 1 fully saturated rings. The molecule has 1 N–H and O–H groups in total. The predicted octanol–water partition coefficient (Wildman–Crippen LogP) is 3.20. The van der Waals surface area contributed by atoms with E-state index >= 15 is 0 Å². The number of hydrogen-bond acceptors (Lipinski definition) is 3. The van der Waals surface area contributed by atoms with Crippen LogP contribution in [0.25, 0.3) is 0 Å². The van der Waals surface area contributed by atoms with Crippen molar-refractivity contribution >= 4 is 6.09 Å². The van der Waals surface area contributed by atoms with Gasteiger partial charge in [-0.05, 0) is 18.4 Å². The van der Waals surface area contributed by atoms with E-state index in [1.54, 1.807) is 0 Å². The molecule has 1 aromatic rings. The summed E-state index contributed by atoms with van der Waals surface area (Å²) in [7, 11) is 1.50. The van der Waals surface area contributed by atoms with Crippen LogP contribution < -0.4 is 0 Å². The number of rotatable bonds is 4. The van der Waals surface area contributed by atoms with Gasteiger partial charge >= 0.3 is 6.09 Å². The molecule has 0 spiro atoms. The Labute approximate surface area is 128 Å². The molecule has 0 heterocycles. The molecule has 0 saturated heterocycles. The summed E-state index contributed by atoms with van der Waals surface area (Å²) in [4.78, 5) is 13.1. The Hall–Kier alpha value is -1.69. The molecule has 1 aliphatic rings. The van der Waals surface area contributed by atoms with Gasteiger partial charge in [0.1, 0.15) is 6.61 Å². The van der Waals surface area contributed by atoms with E-state index in [4.69, 9.17) is 4.74 Å². The molecule has 0 aromatic heterocycles. The van der Waals surface area contributed by atoms with Crippen molar-refractivity contribution in [3.05, 3.63) is 35.9 Å². The number of halogens is 2. The molecule has 6 heteroatoms. The van der Waals surface area contributed by atoms with Crippen LogP contribution in [-0.2, 0) is 11.3 Å². The predicted molar refractivity (Wildman–Crippen MR) is 77.6 cm³/mol. The second-order valence-electron chi connectivity index (χ2n) is 5.98. The Morgan fingerprint density at radius 1 is 1.23 bits per heavy atom. The Balaban J connectivity index is 1.81. The van der Waals surface area contributed by atoms with Gasteiger partial charge in [-0.3, -0.25) is 0 Å². The number of carbonyl (C=O) groups is 1. The van der Waals surface area contributed by atoms with Crippen LogP contribution in [0.15, 0.2) is 30.3 Å². The Morgan fingerprint density at radius 3 is 2.41 bits per heavy atom. The lowest BCUT2D eigenvalue weighted by atomic mass is 9.82. The Kier molecular flexibility index (Phi) is 5.01. The van der Waals surface area contributed by atoms with E-state index in [-0.39, 0.29) is 38.8 Å². The minimum atomic E-state index is -2.71. The van der Waals surface area contributed by atoms with E-state index in [2.05, 4.69) is 0 Å². The first-order valence-electron chi connectivity index (χ1n) is 7.32. The maximum absolute atomic E-state index is 13.1. The van der Waals surface area contributed by atoms with Crippen molar-refractivity contribution in [2.24, 2.45) is 0 Å². The highest BCUT2D eigenvalue weighted by Gasteiger charge is 2.43. The van der Waals surface area contributed by atoms with Crippen molar-refractivity contribution in [2.75, 3.05) is 13.6 Å². The highest BCUT2D eigenvalue weighted by Crippen LogP contribution is 2.38. The molecule has 1 aliphatic carbocycles. The van der Waals surface area contributed by atoms with Gasteiger partial charge < -0.3 is 14.7 Å². The van der Waals surface area contributed by atoms with Gasteiger partial charge in [0.05, 0.1) is 12.1 Å². The molecule has 1 saturated carbocycles. The van der Waals surface area contributed by atoms with E-state index in [0.29, 0.717) is 0 Å². The molecule has 22 heavy (non-hydrogen) atoms. The molecule has 122 valence electrons. The van der Waals surface area contributed by atoms with Crippen LogP contribution in [0.2, 0.25) is 0 Å². The fourth-order valence-corrected chi connectivity index (χ4v) is 2.57. The normalized spacial score (nSPS) is 19.5. The number of carbonyl (C=O) groups excluding carboxylic acids is 1. The van der Waals surface area contributed by atoms with Gasteiger partial charge in [-0.2, -0.15) is 0 Å². The lowest BCUT2D eigenvalue weighted by Gasteiger charge is -2.38. The lowest BCUT2D eigenvalue weighted by molar-refractivity contribution is -0.109. The number of nitrogens with zero attached hydrogens (tertiary/aromatic N) is 1. The number of hydrogen-bond donors (Lipinski definition) is 1. The van der Waals surface area contributed by atoms with Gasteiger partial charge in [-0.25, -0.2) is 13.6 Å². The maximum atomic E-state index is 13.1. The number of benzene rings is 1. The molecule has 2 rings (SSSR count). The highest BCUT2D eigenvalue weighted by molar-refractivity contribution is 5.67. The average Bonchev–Trinajstić information content (AvgIpc) is 2.49. The fraction of sp³-hybridized carbons (Fsp3) is 0.562. The Bertz CT molecular complexity index is 497. The Morgan fingerprint density at radius 2 is 1.82 bits per heavy atom. The van der Waals surface area contributed by atoms with Gasteiger partial charge in [0.2, 0.25) is 5.92 Å². The standard InChI is InChI=1S/C16H21F2NO3/c1-19(12-15(21)7-9-16(17,18)10-8-15)14(20)22-11-13-5-3-2-4-6-13/h2-6,21H,7-12H2,1H3. The van der Waals surface area contributed by atoms with Crippen molar-refractivity contribution < 1.29 is 23.4 Å². The molecule has 0 atom stereocenters. The van der Waals surface area contributed by atoms with Crippen molar-refractivity contribution in [1.29, 1.82) is 0 Å². The van der Waals surface area contributed by atoms with E-state index < -0.39 is 17.6 Å². The van der Waals surface area contributed by atoms with Crippen molar-refractivity contribution in [2.45, 2.75) is 43.8 Å². The van der Waals surface area contributed by atoms with E-state index in [0.717, 1.165) is 5.56 Å². The van der Waals surface area contributed by atoms with Crippen LogP contribution in [0.3, 0.4) is 0 Å². The van der Waals surface area contributed by atoms with E-state index in [9.17, 15) is 18.7 Å². The minimum Gasteiger partial charge on any atom is -0.445 e. The van der Waals surface area contributed by atoms with Gasteiger partial charge in [0.15, 0.2) is 0 Å². The molecular weight excluding hydrogens is 292 g/mol. The zero-order chi connectivity index (χ0) is 16.2. The van der Waals surface area contributed by atoms with Crippen LogP contribution in [0.5, 0.6) is 0 Å². The average molecular weight is 313 g/mol.